The van der Waals surface area contributed by atoms with Crippen molar-refractivity contribution in [3.63, 3.8) is 0 Å². The third-order valence-corrected chi connectivity index (χ3v) is 8.57. The van der Waals surface area contributed by atoms with Crippen LogP contribution in [-0.2, 0) is 6.42 Å². The first-order chi connectivity index (χ1) is 18.1. The number of amides is 2. The number of halogens is 2. The SMILES string of the molecule is CC[N+]1(C[C@@H](NC(=O)Nc2cc(OC)c(OC)c(OC)c2)C(C)C)CCC(Cc2ccc(Cl)c(Cl)c2)CC1. The summed E-state index contributed by atoms with van der Waals surface area (Å²) in [5.41, 5.74) is 1.81. The average molecular weight is 568 g/mol. The molecule has 1 aliphatic rings. The number of urea groups is 1. The maximum absolute atomic E-state index is 13.1. The Labute approximate surface area is 237 Å². The van der Waals surface area contributed by atoms with Gasteiger partial charge in [-0.05, 0) is 55.7 Å². The molecule has 2 aromatic carbocycles. The third-order valence-electron chi connectivity index (χ3n) is 7.83. The fourth-order valence-electron chi connectivity index (χ4n) is 5.33. The maximum Gasteiger partial charge on any atom is 0.319 e. The van der Waals surface area contributed by atoms with Crippen LogP contribution in [0.15, 0.2) is 30.3 Å². The number of piperidine rings is 1. The zero-order chi connectivity index (χ0) is 27.9. The molecule has 1 fully saturated rings. The standard InChI is InChI=1S/C29H41Cl2N3O4/c1-7-34(12-10-20(11-13-34)14-21-8-9-23(30)24(31)15-21)18-25(19(2)3)33-29(35)32-22-16-26(36-4)28(38-6)27(17-22)37-5/h8-9,15-17,19-20,25H,7,10-14,18H2,1-6H3,(H-,32,33,35)/p+1/t20?,25-,34?/m1/s1. The molecule has 0 saturated carbocycles. The van der Waals surface area contributed by atoms with Gasteiger partial charge in [-0.15, -0.1) is 0 Å². The van der Waals surface area contributed by atoms with E-state index >= 15 is 0 Å². The van der Waals surface area contributed by atoms with E-state index in [1.807, 2.05) is 12.1 Å². The highest BCUT2D eigenvalue weighted by atomic mass is 35.5. The minimum absolute atomic E-state index is 0.0311. The lowest BCUT2D eigenvalue weighted by Crippen LogP contribution is -2.60. The minimum atomic E-state index is -0.248. The van der Waals surface area contributed by atoms with Crippen LogP contribution in [0.1, 0.15) is 39.2 Å². The molecular weight excluding hydrogens is 525 g/mol. The Kier molecular flexibility index (Phi) is 10.8. The van der Waals surface area contributed by atoms with Crippen LogP contribution in [0.25, 0.3) is 0 Å². The van der Waals surface area contributed by atoms with Crippen molar-refractivity contribution in [2.75, 3.05) is 52.8 Å². The number of carbonyl (C=O) groups excluding carboxylic acids is 1. The van der Waals surface area contributed by atoms with Gasteiger partial charge in [-0.25, -0.2) is 4.79 Å². The first kappa shape index (κ1) is 30.2. The molecular formula is C29H42Cl2N3O4+. The van der Waals surface area contributed by atoms with E-state index in [-0.39, 0.29) is 18.0 Å². The summed E-state index contributed by atoms with van der Waals surface area (Å²) in [5, 5.41) is 7.40. The number of likely N-dealkylation sites (N-methyl/N-ethyl adjacent to an activating group) is 1. The van der Waals surface area contributed by atoms with E-state index < -0.39 is 0 Å². The second-order valence-electron chi connectivity index (χ2n) is 10.5. The van der Waals surface area contributed by atoms with E-state index in [2.05, 4.69) is 37.5 Å². The lowest BCUT2D eigenvalue weighted by Gasteiger charge is -2.45. The van der Waals surface area contributed by atoms with Gasteiger partial charge in [0.2, 0.25) is 5.75 Å². The largest absolute Gasteiger partial charge is 0.493 e. The normalized spacial score (nSPS) is 20.1. The van der Waals surface area contributed by atoms with Gasteiger partial charge in [-0.2, -0.15) is 0 Å². The Hall–Kier alpha value is -2.35. The van der Waals surface area contributed by atoms with Crippen LogP contribution in [0.2, 0.25) is 10.0 Å². The predicted octanol–water partition coefficient (Wildman–Crippen LogP) is 6.65. The van der Waals surface area contributed by atoms with E-state index in [0.717, 1.165) is 49.9 Å². The highest BCUT2D eigenvalue weighted by molar-refractivity contribution is 6.42. The van der Waals surface area contributed by atoms with Gasteiger partial charge in [0, 0.05) is 12.1 Å². The molecule has 1 heterocycles. The number of nitrogens with zero attached hydrogens (tertiary/aromatic N) is 1. The molecule has 1 saturated heterocycles. The fourth-order valence-corrected chi connectivity index (χ4v) is 5.65. The summed E-state index contributed by atoms with van der Waals surface area (Å²) in [6.07, 6.45) is 3.32. The van der Waals surface area contributed by atoms with Crippen LogP contribution in [0, 0.1) is 11.8 Å². The van der Waals surface area contributed by atoms with Crippen molar-refractivity contribution < 1.29 is 23.5 Å². The summed E-state index contributed by atoms with van der Waals surface area (Å²) in [6.45, 7) is 10.7. The van der Waals surface area contributed by atoms with Gasteiger partial charge in [0.15, 0.2) is 11.5 Å². The first-order valence-electron chi connectivity index (χ1n) is 13.3. The maximum atomic E-state index is 13.1. The number of rotatable bonds is 11. The van der Waals surface area contributed by atoms with Crippen LogP contribution < -0.4 is 24.8 Å². The van der Waals surface area contributed by atoms with E-state index in [0.29, 0.717) is 38.9 Å². The van der Waals surface area contributed by atoms with Gasteiger partial charge in [0.05, 0.1) is 69.3 Å². The summed E-state index contributed by atoms with van der Waals surface area (Å²) in [5.74, 6) is 2.37. The third kappa shape index (κ3) is 7.61. The molecule has 2 amide bonds. The summed E-state index contributed by atoms with van der Waals surface area (Å²) in [6, 6.07) is 9.19. The number of nitrogens with one attached hydrogen (secondary N) is 2. The zero-order valence-electron chi connectivity index (χ0n) is 23.4. The number of benzene rings is 2. The van der Waals surface area contributed by atoms with Gasteiger partial charge >= 0.3 is 6.03 Å². The molecule has 210 valence electrons. The Balaban J connectivity index is 1.63. The molecule has 0 aliphatic carbocycles. The van der Waals surface area contributed by atoms with Crippen molar-refractivity contribution in [3.05, 3.63) is 45.9 Å². The van der Waals surface area contributed by atoms with Crippen molar-refractivity contribution in [3.8, 4) is 17.2 Å². The molecule has 0 unspecified atom stereocenters. The number of hydrogen-bond acceptors (Lipinski definition) is 4. The summed E-state index contributed by atoms with van der Waals surface area (Å²) < 4.78 is 17.2. The Morgan fingerprint density at radius 2 is 1.63 bits per heavy atom. The van der Waals surface area contributed by atoms with Gasteiger partial charge < -0.3 is 29.3 Å². The van der Waals surface area contributed by atoms with Crippen molar-refractivity contribution in [1.29, 1.82) is 0 Å². The van der Waals surface area contributed by atoms with Crippen LogP contribution in [0.5, 0.6) is 17.2 Å². The molecule has 1 aliphatic heterocycles. The number of hydrogen-bond donors (Lipinski definition) is 2. The summed E-state index contributed by atoms with van der Waals surface area (Å²) >= 11 is 12.3. The molecule has 0 radical (unpaired) electrons. The van der Waals surface area contributed by atoms with Gasteiger partial charge in [-0.3, -0.25) is 0 Å². The van der Waals surface area contributed by atoms with Crippen molar-refractivity contribution in [2.45, 2.75) is 46.1 Å². The highest BCUT2D eigenvalue weighted by Gasteiger charge is 2.36. The van der Waals surface area contributed by atoms with Crippen LogP contribution >= 0.6 is 23.2 Å². The van der Waals surface area contributed by atoms with Crippen molar-refractivity contribution in [2.24, 2.45) is 11.8 Å². The van der Waals surface area contributed by atoms with Gasteiger partial charge in [-0.1, -0.05) is 43.1 Å². The van der Waals surface area contributed by atoms with E-state index in [9.17, 15) is 4.79 Å². The van der Waals surface area contributed by atoms with Gasteiger partial charge in [0.1, 0.15) is 0 Å². The van der Waals surface area contributed by atoms with Crippen LogP contribution in [0.3, 0.4) is 0 Å². The molecule has 0 bridgehead atoms. The minimum Gasteiger partial charge on any atom is -0.493 e. The predicted molar refractivity (Wildman–Crippen MR) is 155 cm³/mol. The lowest BCUT2D eigenvalue weighted by atomic mass is 9.88. The van der Waals surface area contributed by atoms with E-state index in [1.165, 1.54) is 5.56 Å². The monoisotopic (exact) mass is 566 g/mol. The lowest BCUT2D eigenvalue weighted by molar-refractivity contribution is -0.933. The number of likely N-dealkylation sites (tertiary alicyclic amines) is 1. The molecule has 0 aromatic heterocycles. The zero-order valence-corrected chi connectivity index (χ0v) is 24.9. The first-order valence-corrected chi connectivity index (χ1v) is 14.1. The summed E-state index contributed by atoms with van der Waals surface area (Å²) in [7, 11) is 4.66. The Morgan fingerprint density at radius 3 is 2.13 bits per heavy atom. The van der Waals surface area contributed by atoms with E-state index in [4.69, 9.17) is 37.4 Å². The molecule has 7 nitrogen and oxygen atoms in total. The molecule has 3 rings (SSSR count). The number of anilines is 1. The highest BCUT2D eigenvalue weighted by Crippen LogP contribution is 2.40. The number of methoxy groups -OCH3 is 3. The van der Waals surface area contributed by atoms with Crippen LogP contribution in [0.4, 0.5) is 10.5 Å². The van der Waals surface area contributed by atoms with Crippen molar-refractivity contribution in [1.82, 2.24) is 5.32 Å². The molecule has 2 N–H and O–H groups in total. The average Bonchev–Trinajstić information content (AvgIpc) is 2.90. The fraction of sp³-hybridized carbons (Fsp3) is 0.552. The van der Waals surface area contributed by atoms with Crippen molar-refractivity contribution >= 4 is 34.9 Å². The molecule has 38 heavy (non-hydrogen) atoms. The number of ether oxygens (including phenoxy) is 3. The molecule has 2 aromatic rings. The quantitative estimate of drug-likeness (QED) is 0.298. The second-order valence-corrected chi connectivity index (χ2v) is 11.4. The number of quaternary nitrogens is 1. The Morgan fingerprint density at radius 1 is 1.00 bits per heavy atom. The molecule has 9 heteroatoms. The topological polar surface area (TPSA) is 68.8 Å². The molecule has 0 spiro atoms. The smallest absolute Gasteiger partial charge is 0.319 e. The van der Waals surface area contributed by atoms with E-state index in [1.54, 1.807) is 33.5 Å². The molecule has 1 atom stereocenters. The number of carbonyl (C=O) groups is 1. The summed E-state index contributed by atoms with van der Waals surface area (Å²) in [4.78, 5) is 13.1. The second kappa shape index (κ2) is 13.6. The van der Waals surface area contributed by atoms with Crippen LogP contribution in [-0.4, -0.2) is 64.1 Å². The Bertz CT molecular complexity index is 1060. The van der Waals surface area contributed by atoms with Gasteiger partial charge in [0.25, 0.3) is 0 Å².